The summed E-state index contributed by atoms with van der Waals surface area (Å²) in [6.45, 7) is 7.07. The summed E-state index contributed by atoms with van der Waals surface area (Å²) in [7, 11) is -3.81. The second-order valence-electron chi connectivity index (χ2n) is 10.7. The molecule has 0 unspecified atom stereocenters. The van der Waals surface area contributed by atoms with Crippen LogP contribution in [-0.4, -0.2) is 49.5 Å². The van der Waals surface area contributed by atoms with Gasteiger partial charge in [-0.15, -0.1) is 0 Å². The van der Waals surface area contributed by atoms with Crippen LogP contribution in [0, 0.1) is 6.92 Å². The predicted octanol–water partition coefficient (Wildman–Crippen LogP) is 4.97. The first kappa shape index (κ1) is 30.2. The highest BCUT2D eigenvalue weighted by Gasteiger charge is 2.34. The van der Waals surface area contributed by atoms with Gasteiger partial charge in [-0.05, 0) is 68.7 Å². The Morgan fingerprint density at radius 2 is 1.56 bits per heavy atom. The molecule has 208 valence electrons. The fourth-order valence-corrected chi connectivity index (χ4v) is 5.29. The van der Waals surface area contributed by atoms with E-state index in [2.05, 4.69) is 5.32 Å². The Morgan fingerprint density at radius 3 is 2.15 bits per heavy atom. The molecule has 3 aromatic carbocycles. The molecule has 0 saturated heterocycles. The van der Waals surface area contributed by atoms with Gasteiger partial charge >= 0.3 is 0 Å². The molecule has 3 rings (SSSR count). The number of carbonyl (C=O) groups excluding carboxylic acids is 2. The van der Waals surface area contributed by atoms with Crippen LogP contribution >= 0.6 is 11.6 Å². The van der Waals surface area contributed by atoms with Crippen molar-refractivity contribution in [3.05, 3.63) is 101 Å². The average Bonchev–Trinajstić information content (AvgIpc) is 2.83. The topological polar surface area (TPSA) is 86.8 Å². The van der Waals surface area contributed by atoms with Crippen molar-refractivity contribution in [3.8, 4) is 0 Å². The van der Waals surface area contributed by atoms with Gasteiger partial charge in [0.2, 0.25) is 21.8 Å². The van der Waals surface area contributed by atoms with Crippen molar-refractivity contribution in [3.63, 3.8) is 0 Å². The van der Waals surface area contributed by atoms with Crippen molar-refractivity contribution >= 4 is 39.1 Å². The summed E-state index contributed by atoms with van der Waals surface area (Å²) in [6.07, 6.45) is 1.32. The highest BCUT2D eigenvalue weighted by Crippen LogP contribution is 2.22. The first-order chi connectivity index (χ1) is 18.2. The molecular formula is C30H36ClN3O4S. The van der Waals surface area contributed by atoms with Crippen LogP contribution in [0.3, 0.4) is 0 Å². The molecule has 0 spiro atoms. The highest BCUT2D eigenvalue weighted by molar-refractivity contribution is 7.92. The number of hydrogen-bond acceptors (Lipinski definition) is 4. The number of sulfonamides is 1. The minimum absolute atomic E-state index is 0.0693. The number of aryl methyl sites for hydroxylation is 1. The summed E-state index contributed by atoms with van der Waals surface area (Å²) in [4.78, 5) is 29.2. The zero-order valence-corrected chi connectivity index (χ0v) is 24.6. The second-order valence-corrected chi connectivity index (χ2v) is 13.0. The summed E-state index contributed by atoms with van der Waals surface area (Å²) in [5.74, 6) is -0.838. The van der Waals surface area contributed by atoms with Gasteiger partial charge in [-0.25, -0.2) is 8.42 Å². The normalized spacial score (nSPS) is 12.5. The van der Waals surface area contributed by atoms with Gasteiger partial charge < -0.3 is 10.2 Å². The maximum Gasteiger partial charge on any atom is 0.244 e. The van der Waals surface area contributed by atoms with Gasteiger partial charge in [-0.1, -0.05) is 66.2 Å². The molecular weight excluding hydrogens is 534 g/mol. The molecule has 0 bridgehead atoms. The molecule has 1 N–H and O–H groups in total. The Morgan fingerprint density at radius 1 is 0.923 bits per heavy atom. The van der Waals surface area contributed by atoms with Crippen molar-refractivity contribution in [1.82, 2.24) is 10.2 Å². The van der Waals surface area contributed by atoms with Gasteiger partial charge in [0, 0.05) is 23.5 Å². The van der Waals surface area contributed by atoms with Gasteiger partial charge in [-0.3, -0.25) is 13.9 Å². The lowest BCUT2D eigenvalue weighted by Gasteiger charge is -2.35. The Bertz CT molecular complexity index is 1400. The third-order valence-electron chi connectivity index (χ3n) is 5.98. The largest absolute Gasteiger partial charge is 0.350 e. The Balaban J connectivity index is 2.08. The summed E-state index contributed by atoms with van der Waals surface area (Å²) >= 11 is 6.24. The van der Waals surface area contributed by atoms with Crippen LogP contribution in [0.1, 0.15) is 37.5 Å². The third-order valence-corrected chi connectivity index (χ3v) is 7.36. The van der Waals surface area contributed by atoms with E-state index >= 15 is 0 Å². The van der Waals surface area contributed by atoms with E-state index in [0.29, 0.717) is 10.7 Å². The van der Waals surface area contributed by atoms with Gasteiger partial charge in [0.05, 0.1) is 11.9 Å². The molecule has 3 aromatic rings. The van der Waals surface area contributed by atoms with Crippen molar-refractivity contribution < 1.29 is 18.0 Å². The maximum atomic E-state index is 14.1. The van der Waals surface area contributed by atoms with E-state index in [1.165, 1.54) is 4.90 Å². The maximum absolute atomic E-state index is 14.1. The number of carbonyl (C=O) groups is 2. The third kappa shape index (κ3) is 9.11. The lowest BCUT2D eigenvalue weighted by Crippen LogP contribution is -2.56. The van der Waals surface area contributed by atoms with Crippen LogP contribution in [0.5, 0.6) is 0 Å². The number of nitrogens with zero attached hydrogens (tertiary/aromatic N) is 2. The van der Waals surface area contributed by atoms with E-state index in [0.717, 1.165) is 27.3 Å². The van der Waals surface area contributed by atoms with Crippen molar-refractivity contribution in [2.24, 2.45) is 0 Å². The van der Waals surface area contributed by atoms with Crippen LogP contribution in [0.15, 0.2) is 78.9 Å². The molecule has 0 radical (unpaired) electrons. The molecule has 9 heteroatoms. The number of rotatable bonds is 10. The van der Waals surface area contributed by atoms with E-state index < -0.39 is 34.1 Å². The van der Waals surface area contributed by atoms with Crippen molar-refractivity contribution in [2.45, 2.75) is 52.2 Å². The fourth-order valence-electron chi connectivity index (χ4n) is 4.24. The number of nitrogens with one attached hydrogen (secondary N) is 1. The molecule has 0 fully saturated rings. The molecule has 7 nitrogen and oxygen atoms in total. The van der Waals surface area contributed by atoms with Gasteiger partial charge in [-0.2, -0.15) is 0 Å². The second kappa shape index (κ2) is 12.7. The van der Waals surface area contributed by atoms with Crippen LogP contribution in [0.4, 0.5) is 5.69 Å². The number of amides is 2. The zero-order chi connectivity index (χ0) is 28.8. The number of halogens is 1. The summed E-state index contributed by atoms with van der Waals surface area (Å²) in [6, 6.07) is 22.5. The van der Waals surface area contributed by atoms with Crippen LogP contribution in [0.25, 0.3) is 0 Å². The van der Waals surface area contributed by atoms with Gasteiger partial charge in [0.15, 0.2) is 0 Å². The Labute approximate surface area is 236 Å². The average molecular weight is 570 g/mol. The minimum atomic E-state index is -3.81. The van der Waals surface area contributed by atoms with Crippen LogP contribution in [0.2, 0.25) is 5.02 Å². The lowest BCUT2D eigenvalue weighted by molar-refractivity contribution is -0.140. The molecule has 0 aliphatic heterocycles. The van der Waals surface area contributed by atoms with E-state index in [9.17, 15) is 18.0 Å². The molecule has 0 aromatic heterocycles. The van der Waals surface area contributed by atoms with E-state index in [4.69, 9.17) is 11.6 Å². The van der Waals surface area contributed by atoms with E-state index in [-0.39, 0.29) is 18.9 Å². The lowest BCUT2D eigenvalue weighted by atomic mass is 10.0. The minimum Gasteiger partial charge on any atom is -0.350 e. The van der Waals surface area contributed by atoms with Crippen LogP contribution < -0.4 is 9.62 Å². The molecule has 2 amide bonds. The SMILES string of the molecule is Cc1cccc(N(CC(=O)N(Cc2cccc(Cl)c2)[C@@H](Cc2ccccc2)C(=O)NC(C)(C)C)S(C)(=O)=O)c1. The summed E-state index contributed by atoms with van der Waals surface area (Å²) in [5.41, 5.74) is 2.29. The smallest absolute Gasteiger partial charge is 0.244 e. The van der Waals surface area contributed by atoms with E-state index in [1.54, 1.807) is 36.4 Å². The number of benzene rings is 3. The van der Waals surface area contributed by atoms with Crippen molar-refractivity contribution in [2.75, 3.05) is 17.1 Å². The molecule has 0 aliphatic rings. The molecule has 0 heterocycles. The zero-order valence-electron chi connectivity index (χ0n) is 23.0. The summed E-state index contributed by atoms with van der Waals surface area (Å²) in [5, 5.41) is 3.50. The Kier molecular flexibility index (Phi) is 9.80. The number of hydrogen-bond donors (Lipinski definition) is 1. The molecule has 0 aliphatic carbocycles. The fraction of sp³-hybridized carbons (Fsp3) is 0.333. The van der Waals surface area contributed by atoms with E-state index in [1.807, 2.05) is 70.2 Å². The first-order valence-electron chi connectivity index (χ1n) is 12.7. The highest BCUT2D eigenvalue weighted by atomic mass is 35.5. The quantitative estimate of drug-likeness (QED) is 0.373. The Hall–Kier alpha value is -3.36. The number of anilines is 1. The van der Waals surface area contributed by atoms with Gasteiger partial charge in [0.1, 0.15) is 12.6 Å². The molecule has 0 saturated carbocycles. The molecule has 1 atom stereocenters. The predicted molar refractivity (Wildman–Crippen MR) is 157 cm³/mol. The van der Waals surface area contributed by atoms with Crippen LogP contribution in [-0.2, 0) is 32.6 Å². The monoisotopic (exact) mass is 569 g/mol. The van der Waals surface area contributed by atoms with Gasteiger partial charge in [0.25, 0.3) is 0 Å². The standard InChI is InChI=1S/C30H36ClN3O4S/c1-22-11-9-16-26(17-22)34(39(5,37)38)21-28(35)33(20-24-14-10-15-25(31)18-24)27(29(36)32-30(2,3)4)19-23-12-7-6-8-13-23/h6-18,27H,19-21H2,1-5H3,(H,32,36)/t27-/m0/s1. The molecule has 39 heavy (non-hydrogen) atoms. The first-order valence-corrected chi connectivity index (χ1v) is 14.9. The summed E-state index contributed by atoms with van der Waals surface area (Å²) < 4.78 is 26.8. The van der Waals surface area contributed by atoms with Crippen molar-refractivity contribution in [1.29, 1.82) is 0 Å².